The van der Waals surface area contributed by atoms with Crippen LogP contribution in [0.3, 0.4) is 0 Å². The van der Waals surface area contributed by atoms with Gasteiger partial charge in [0.1, 0.15) is 5.69 Å². The highest BCUT2D eigenvalue weighted by molar-refractivity contribution is 5.87. The molecule has 0 aliphatic carbocycles. The van der Waals surface area contributed by atoms with Crippen molar-refractivity contribution in [1.82, 2.24) is 9.78 Å². The summed E-state index contributed by atoms with van der Waals surface area (Å²) in [6.45, 7) is 3.64. The lowest BCUT2D eigenvalue weighted by Gasteiger charge is -2.23. The van der Waals surface area contributed by atoms with Crippen molar-refractivity contribution in [3.8, 4) is 0 Å². The van der Waals surface area contributed by atoms with Crippen molar-refractivity contribution in [1.29, 1.82) is 0 Å². The predicted octanol–water partition coefficient (Wildman–Crippen LogP) is 1.41. The lowest BCUT2D eigenvalue weighted by molar-refractivity contribution is 0.0469. The number of nitrogens with zero attached hydrogens (tertiary/aromatic N) is 2. The summed E-state index contributed by atoms with van der Waals surface area (Å²) in [5.41, 5.74) is 0.536. The van der Waals surface area contributed by atoms with E-state index < -0.39 is 0 Å². The van der Waals surface area contributed by atoms with E-state index in [2.05, 4.69) is 5.10 Å². The second-order valence-electron chi connectivity index (χ2n) is 3.73. The summed E-state index contributed by atoms with van der Waals surface area (Å²) in [4.78, 5) is 11.7. The molecule has 0 spiro atoms. The summed E-state index contributed by atoms with van der Waals surface area (Å²) in [6, 6.07) is 1.95. The van der Waals surface area contributed by atoms with Crippen LogP contribution in [0.1, 0.15) is 36.3 Å². The van der Waals surface area contributed by atoms with E-state index in [-0.39, 0.29) is 12.0 Å². The summed E-state index contributed by atoms with van der Waals surface area (Å²) in [6.07, 6.45) is 3.43. The Hall–Kier alpha value is -1.36. The van der Waals surface area contributed by atoms with Crippen LogP contribution in [0.5, 0.6) is 0 Å². The Morgan fingerprint density at radius 2 is 2.38 bits per heavy atom. The van der Waals surface area contributed by atoms with Crippen molar-refractivity contribution < 1.29 is 14.3 Å². The monoisotopic (exact) mass is 224 g/mol. The van der Waals surface area contributed by atoms with Crippen LogP contribution in [-0.4, -0.2) is 35.6 Å². The molecule has 1 aliphatic heterocycles. The molecule has 16 heavy (non-hydrogen) atoms. The van der Waals surface area contributed by atoms with Gasteiger partial charge in [-0.1, -0.05) is 0 Å². The van der Waals surface area contributed by atoms with Gasteiger partial charge in [-0.2, -0.15) is 5.10 Å². The Balaban J connectivity index is 2.14. The normalized spacial score (nSPS) is 17.3. The Labute approximate surface area is 94.3 Å². The first-order valence-corrected chi connectivity index (χ1v) is 5.61. The SMILES string of the molecule is CCOC(=O)c1ccnn1C1CCOCC1. The Morgan fingerprint density at radius 3 is 3.06 bits per heavy atom. The first-order chi connectivity index (χ1) is 7.83. The largest absolute Gasteiger partial charge is 0.461 e. The molecular formula is C11H16N2O3. The maximum atomic E-state index is 11.7. The van der Waals surface area contributed by atoms with Crippen molar-refractivity contribution in [2.45, 2.75) is 25.8 Å². The van der Waals surface area contributed by atoms with Crippen LogP contribution in [0.2, 0.25) is 0 Å². The zero-order valence-electron chi connectivity index (χ0n) is 9.39. The average molecular weight is 224 g/mol. The van der Waals surface area contributed by atoms with Gasteiger partial charge in [-0.15, -0.1) is 0 Å². The minimum absolute atomic E-state index is 0.253. The van der Waals surface area contributed by atoms with Crippen LogP contribution in [0.25, 0.3) is 0 Å². The van der Waals surface area contributed by atoms with Crippen LogP contribution >= 0.6 is 0 Å². The van der Waals surface area contributed by atoms with Crippen LogP contribution in [0.4, 0.5) is 0 Å². The summed E-state index contributed by atoms with van der Waals surface area (Å²) >= 11 is 0. The topological polar surface area (TPSA) is 53.3 Å². The quantitative estimate of drug-likeness (QED) is 0.728. The molecule has 1 aromatic rings. The van der Waals surface area contributed by atoms with E-state index in [1.807, 2.05) is 0 Å². The number of aromatic nitrogens is 2. The zero-order chi connectivity index (χ0) is 11.4. The number of hydrogen-bond acceptors (Lipinski definition) is 4. The second-order valence-corrected chi connectivity index (χ2v) is 3.73. The molecule has 1 fully saturated rings. The highest BCUT2D eigenvalue weighted by Gasteiger charge is 2.22. The molecule has 0 radical (unpaired) electrons. The number of carbonyl (C=O) groups excluding carboxylic acids is 1. The first-order valence-electron chi connectivity index (χ1n) is 5.61. The highest BCUT2D eigenvalue weighted by atomic mass is 16.5. The van der Waals surface area contributed by atoms with Gasteiger partial charge in [0.05, 0.1) is 12.6 Å². The maximum Gasteiger partial charge on any atom is 0.356 e. The third-order valence-electron chi connectivity index (χ3n) is 2.69. The average Bonchev–Trinajstić information content (AvgIpc) is 2.79. The van der Waals surface area contributed by atoms with E-state index in [4.69, 9.17) is 9.47 Å². The Kier molecular flexibility index (Phi) is 3.56. The molecule has 0 N–H and O–H groups in total. The molecular weight excluding hydrogens is 208 g/mol. The maximum absolute atomic E-state index is 11.7. The van der Waals surface area contributed by atoms with Crippen LogP contribution in [-0.2, 0) is 9.47 Å². The molecule has 0 unspecified atom stereocenters. The molecule has 1 aromatic heterocycles. The van der Waals surface area contributed by atoms with Gasteiger partial charge >= 0.3 is 5.97 Å². The fourth-order valence-corrected chi connectivity index (χ4v) is 1.90. The van der Waals surface area contributed by atoms with Gasteiger partial charge in [0.2, 0.25) is 0 Å². The van der Waals surface area contributed by atoms with Gasteiger partial charge in [0.15, 0.2) is 0 Å². The van der Waals surface area contributed by atoms with Crippen molar-refractivity contribution in [2.24, 2.45) is 0 Å². The molecule has 0 bridgehead atoms. The van der Waals surface area contributed by atoms with Crippen molar-refractivity contribution in [3.63, 3.8) is 0 Å². The predicted molar refractivity (Wildman–Crippen MR) is 57.3 cm³/mol. The number of ether oxygens (including phenoxy) is 2. The number of carbonyl (C=O) groups is 1. The van der Waals surface area contributed by atoms with Crippen molar-refractivity contribution >= 4 is 5.97 Å². The number of rotatable bonds is 3. The fraction of sp³-hybridized carbons (Fsp3) is 0.636. The van der Waals surface area contributed by atoms with Gasteiger partial charge < -0.3 is 9.47 Å². The van der Waals surface area contributed by atoms with E-state index >= 15 is 0 Å². The minimum atomic E-state index is -0.300. The van der Waals surface area contributed by atoms with Crippen LogP contribution in [0.15, 0.2) is 12.3 Å². The standard InChI is InChI=1S/C11H16N2O3/c1-2-16-11(14)10-3-6-12-13(10)9-4-7-15-8-5-9/h3,6,9H,2,4-5,7-8H2,1H3. The van der Waals surface area contributed by atoms with E-state index in [1.54, 1.807) is 23.9 Å². The van der Waals surface area contributed by atoms with Gasteiger partial charge in [-0.25, -0.2) is 4.79 Å². The van der Waals surface area contributed by atoms with Crippen LogP contribution < -0.4 is 0 Å². The van der Waals surface area contributed by atoms with E-state index in [0.717, 1.165) is 26.1 Å². The van der Waals surface area contributed by atoms with Gasteiger partial charge in [0.25, 0.3) is 0 Å². The smallest absolute Gasteiger partial charge is 0.356 e. The summed E-state index contributed by atoms with van der Waals surface area (Å²) in [7, 11) is 0. The van der Waals surface area contributed by atoms with E-state index in [9.17, 15) is 4.79 Å². The molecule has 5 heteroatoms. The molecule has 88 valence electrons. The molecule has 2 heterocycles. The number of esters is 1. The number of hydrogen-bond donors (Lipinski definition) is 0. The second kappa shape index (κ2) is 5.12. The van der Waals surface area contributed by atoms with Crippen molar-refractivity contribution in [3.05, 3.63) is 18.0 Å². The molecule has 0 aromatic carbocycles. The minimum Gasteiger partial charge on any atom is -0.461 e. The molecule has 0 amide bonds. The van der Waals surface area contributed by atoms with Crippen molar-refractivity contribution in [2.75, 3.05) is 19.8 Å². The lowest BCUT2D eigenvalue weighted by atomic mass is 10.1. The summed E-state index contributed by atoms with van der Waals surface area (Å²) < 4.78 is 12.0. The van der Waals surface area contributed by atoms with E-state index in [1.165, 1.54) is 0 Å². The summed E-state index contributed by atoms with van der Waals surface area (Å²) in [5, 5.41) is 4.20. The molecule has 1 saturated heterocycles. The molecule has 5 nitrogen and oxygen atoms in total. The first kappa shape index (κ1) is 11.1. The third-order valence-corrected chi connectivity index (χ3v) is 2.69. The highest BCUT2D eigenvalue weighted by Crippen LogP contribution is 2.21. The third kappa shape index (κ3) is 2.24. The Bertz CT molecular complexity index is 356. The Morgan fingerprint density at radius 1 is 1.62 bits per heavy atom. The molecule has 0 saturated carbocycles. The van der Waals surface area contributed by atoms with Gasteiger partial charge in [0, 0.05) is 19.4 Å². The van der Waals surface area contributed by atoms with Crippen LogP contribution in [0, 0.1) is 0 Å². The molecule has 2 rings (SSSR count). The van der Waals surface area contributed by atoms with Gasteiger partial charge in [-0.05, 0) is 25.8 Å². The summed E-state index contributed by atoms with van der Waals surface area (Å²) in [5.74, 6) is -0.300. The fourth-order valence-electron chi connectivity index (χ4n) is 1.90. The molecule has 1 aliphatic rings. The zero-order valence-corrected chi connectivity index (χ0v) is 9.39. The molecule has 0 atom stereocenters. The van der Waals surface area contributed by atoms with Gasteiger partial charge in [-0.3, -0.25) is 4.68 Å². The lowest BCUT2D eigenvalue weighted by Crippen LogP contribution is -2.24. The van der Waals surface area contributed by atoms with E-state index in [0.29, 0.717) is 12.3 Å².